The van der Waals surface area contributed by atoms with Gasteiger partial charge in [-0.2, -0.15) is 0 Å². The Bertz CT molecular complexity index is 1100. The molecule has 5 aliphatic carbocycles. The summed E-state index contributed by atoms with van der Waals surface area (Å²) in [6, 6.07) is 0. The largest absolute Gasteiger partial charge is 0.493 e. The van der Waals surface area contributed by atoms with Crippen LogP contribution in [0.15, 0.2) is 118 Å². The van der Waals surface area contributed by atoms with E-state index in [0.29, 0.717) is 11.1 Å². The van der Waals surface area contributed by atoms with E-state index in [1.165, 1.54) is 11.1 Å². The van der Waals surface area contributed by atoms with E-state index < -0.39 is 0 Å². The van der Waals surface area contributed by atoms with Crippen LogP contribution < -0.4 is 0 Å². The lowest BCUT2D eigenvalue weighted by molar-refractivity contribution is -0.107. The molecule has 0 bridgehead atoms. The summed E-state index contributed by atoms with van der Waals surface area (Å²) in [4.78, 5) is 22.8. The van der Waals surface area contributed by atoms with Crippen LogP contribution in [0.25, 0.3) is 0 Å². The minimum absolute atomic E-state index is 0.0676. The maximum Gasteiger partial charge on any atom is 0.157 e. The van der Waals surface area contributed by atoms with Gasteiger partial charge in [-0.3, -0.25) is 9.59 Å². The third kappa shape index (κ3) is 3.42. The molecule has 0 N–H and O–H groups in total. The number of fused-ring (bicyclic) bond motifs is 4. The van der Waals surface area contributed by atoms with Crippen LogP contribution in [0, 0.1) is 23.7 Å². The van der Waals surface area contributed by atoms with Gasteiger partial charge < -0.3 is 9.47 Å². The maximum absolute atomic E-state index is 11.4. The van der Waals surface area contributed by atoms with Gasteiger partial charge in [0.1, 0.15) is 12.6 Å². The normalized spacial score (nSPS) is 31.8. The second-order valence-electron chi connectivity index (χ2n) is 8.41. The van der Waals surface area contributed by atoms with E-state index in [2.05, 4.69) is 60.8 Å². The van der Waals surface area contributed by atoms with Crippen molar-refractivity contribution < 1.29 is 19.1 Å². The molecule has 4 nitrogen and oxygen atoms in total. The Morgan fingerprint density at radius 3 is 1.12 bits per heavy atom. The van der Waals surface area contributed by atoms with Crippen molar-refractivity contribution in [2.24, 2.45) is 23.7 Å². The number of ether oxygens (including phenoxy) is 2. The Kier molecular flexibility index (Phi) is 5.14. The number of allylic oxidation sites excluding steroid dienone is 18. The predicted octanol–water partition coefficient (Wildman–Crippen LogP) is 4.65. The lowest BCUT2D eigenvalue weighted by Gasteiger charge is -2.30. The summed E-state index contributed by atoms with van der Waals surface area (Å²) in [7, 11) is 3.32. The van der Waals surface area contributed by atoms with E-state index >= 15 is 0 Å². The van der Waals surface area contributed by atoms with Crippen molar-refractivity contribution in [1.82, 2.24) is 0 Å². The van der Waals surface area contributed by atoms with Crippen molar-refractivity contribution in [3.63, 3.8) is 0 Å². The van der Waals surface area contributed by atoms with E-state index in [1.807, 2.05) is 12.2 Å². The molecule has 0 heterocycles. The van der Waals surface area contributed by atoms with Crippen molar-refractivity contribution in [2.75, 3.05) is 14.2 Å². The Balaban J connectivity index is 1.51. The van der Waals surface area contributed by atoms with Gasteiger partial charge in [-0.1, -0.05) is 60.8 Å². The fourth-order valence-corrected chi connectivity index (χ4v) is 4.93. The van der Waals surface area contributed by atoms with E-state index in [-0.39, 0.29) is 23.7 Å². The van der Waals surface area contributed by atoms with Gasteiger partial charge in [0.25, 0.3) is 0 Å². The smallest absolute Gasteiger partial charge is 0.157 e. The molecular weight excluding hydrogens is 400 g/mol. The van der Waals surface area contributed by atoms with Crippen molar-refractivity contribution in [3.05, 3.63) is 118 Å². The molecule has 5 aliphatic rings. The zero-order valence-corrected chi connectivity index (χ0v) is 18.0. The fraction of sp³-hybridized carbons (Fsp3) is 0.214. The van der Waals surface area contributed by atoms with Gasteiger partial charge in [0.15, 0.2) is 11.5 Å². The average molecular weight is 424 g/mol. The van der Waals surface area contributed by atoms with Crippen LogP contribution >= 0.6 is 0 Å². The number of carbonyl (C=O) groups excluding carboxylic acids is 2. The second kappa shape index (κ2) is 8.12. The fourth-order valence-electron chi connectivity index (χ4n) is 4.93. The molecule has 0 spiro atoms. The van der Waals surface area contributed by atoms with E-state index in [4.69, 9.17) is 9.47 Å². The molecule has 4 atom stereocenters. The molecule has 5 rings (SSSR count). The first-order valence-electron chi connectivity index (χ1n) is 10.7. The highest BCUT2D eigenvalue weighted by Gasteiger charge is 2.29. The molecule has 4 heteroatoms. The topological polar surface area (TPSA) is 52.6 Å². The SMILES string of the molecule is COC1=CC2C=C3/C=C\C4=CC5C=C(C=O)C(C=O)=C[C@H]5C=C4/C=C\C3=C[C@H]2C=C1OC. The monoisotopic (exact) mass is 424 g/mol. The quantitative estimate of drug-likeness (QED) is 0.617. The lowest BCUT2D eigenvalue weighted by Crippen LogP contribution is -2.19. The summed E-state index contributed by atoms with van der Waals surface area (Å²) in [5.74, 6) is 2.08. The Hall–Kier alpha value is -3.66. The van der Waals surface area contributed by atoms with Gasteiger partial charge in [0.05, 0.1) is 14.2 Å². The summed E-state index contributed by atoms with van der Waals surface area (Å²) in [6.07, 6.45) is 27.0. The van der Waals surface area contributed by atoms with Crippen molar-refractivity contribution in [3.8, 4) is 0 Å². The molecule has 2 unspecified atom stereocenters. The average Bonchev–Trinajstić information content (AvgIpc) is 2.82. The number of rotatable bonds is 4. The van der Waals surface area contributed by atoms with Gasteiger partial charge in [0, 0.05) is 34.8 Å². The lowest BCUT2D eigenvalue weighted by atomic mass is 9.75. The van der Waals surface area contributed by atoms with Gasteiger partial charge in [-0.25, -0.2) is 0 Å². The Morgan fingerprint density at radius 2 is 0.844 bits per heavy atom. The third-order valence-corrected chi connectivity index (χ3v) is 6.63. The van der Waals surface area contributed by atoms with Crippen LogP contribution in [0.2, 0.25) is 0 Å². The summed E-state index contributed by atoms with van der Waals surface area (Å²) < 4.78 is 11.0. The summed E-state index contributed by atoms with van der Waals surface area (Å²) in [5.41, 5.74) is 5.50. The van der Waals surface area contributed by atoms with Crippen molar-refractivity contribution >= 4 is 12.6 Å². The summed E-state index contributed by atoms with van der Waals surface area (Å²) in [5, 5.41) is 0. The summed E-state index contributed by atoms with van der Waals surface area (Å²) in [6.45, 7) is 0. The molecule has 0 saturated heterocycles. The van der Waals surface area contributed by atoms with Gasteiger partial charge >= 0.3 is 0 Å². The first kappa shape index (κ1) is 20.3. The number of hydrogen-bond donors (Lipinski definition) is 0. The van der Waals surface area contributed by atoms with Crippen molar-refractivity contribution in [2.45, 2.75) is 0 Å². The number of hydrogen-bond acceptors (Lipinski definition) is 4. The van der Waals surface area contributed by atoms with Crippen molar-refractivity contribution in [1.29, 1.82) is 0 Å². The molecule has 0 saturated carbocycles. The first-order valence-corrected chi connectivity index (χ1v) is 10.7. The molecule has 0 fully saturated rings. The van der Waals surface area contributed by atoms with Crippen LogP contribution in [-0.4, -0.2) is 26.8 Å². The molecule has 0 radical (unpaired) electrons. The number of methoxy groups -OCH3 is 2. The van der Waals surface area contributed by atoms with Crippen LogP contribution in [-0.2, 0) is 19.1 Å². The number of carbonyl (C=O) groups is 2. The van der Waals surface area contributed by atoms with Gasteiger partial charge in [-0.15, -0.1) is 0 Å². The van der Waals surface area contributed by atoms with Crippen LogP contribution in [0.5, 0.6) is 0 Å². The Labute approximate surface area is 187 Å². The molecule has 0 amide bonds. The van der Waals surface area contributed by atoms with Crippen LogP contribution in [0.4, 0.5) is 0 Å². The highest BCUT2D eigenvalue weighted by Crippen LogP contribution is 2.40. The minimum atomic E-state index is 0.0676. The predicted molar refractivity (Wildman–Crippen MR) is 123 cm³/mol. The van der Waals surface area contributed by atoms with Gasteiger partial charge in [-0.05, 0) is 34.4 Å². The Morgan fingerprint density at radius 1 is 0.531 bits per heavy atom. The molecular formula is C28H24O4. The zero-order valence-electron chi connectivity index (χ0n) is 18.0. The molecule has 32 heavy (non-hydrogen) atoms. The molecule has 0 aromatic heterocycles. The molecule has 0 aromatic carbocycles. The molecule has 0 aromatic rings. The highest BCUT2D eigenvalue weighted by atomic mass is 16.5. The maximum atomic E-state index is 11.4. The third-order valence-electron chi connectivity index (χ3n) is 6.63. The zero-order chi connectivity index (χ0) is 22.2. The van der Waals surface area contributed by atoms with E-state index in [0.717, 1.165) is 35.2 Å². The van der Waals surface area contributed by atoms with E-state index in [1.54, 1.807) is 14.2 Å². The second-order valence-corrected chi connectivity index (χ2v) is 8.41. The minimum Gasteiger partial charge on any atom is -0.493 e. The standard InChI is InChI=1S/C28H24O4/c1-31-27-13-23-9-19-5-3-17-7-21-11-25(15-29)26(16-30)12-22(21)8-18(17)4-6-20(19)10-24(23)14-28(27)32-2/h3-16,21-24H,1-2H3/b5-3-,6-4-/t21-,22?,23+,24?/m1/s1. The highest BCUT2D eigenvalue weighted by molar-refractivity contribution is 5.95. The number of aldehydes is 2. The van der Waals surface area contributed by atoms with E-state index in [9.17, 15) is 9.59 Å². The summed E-state index contributed by atoms with van der Waals surface area (Å²) >= 11 is 0. The molecule has 160 valence electrons. The van der Waals surface area contributed by atoms with Gasteiger partial charge in [0.2, 0.25) is 0 Å². The van der Waals surface area contributed by atoms with Crippen LogP contribution in [0.3, 0.4) is 0 Å². The van der Waals surface area contributed by atoms with Crippen LogP contribution in [0.1, 0.15) is 0 Å². The molecule has 0 aliphatic heterocycles. The first-order chi connectivity index (χ1) is 15.6.